The number of benzene rings is 1. The van der Waals surface area contributed by atoms with Crippen molar-refractivity contribution in [1.82, 2.24) is 10.6 Å². The van der Waals surface area contributed by atoms with Crippen molar-refractivity contribution < 1.29 is 9.59 Å². The minimum atomic E-state index is -0.523. The fourth-order valence-corrected chi connectivity index (χ4v) is 2.30. The van der Waals surface area contributed by atoms with Crippen LogP contribution in [0.25, 0.3) is 0 Å². The molecule has 1 atom stereocenters. The molecule has 0 heterocycles. The lowest BCUT2D eigenvalue weighted by atomic mass is 10.1. The van der Waals surface area contributed by atoms with Crippen molar-refractivity contribution in [2.75, 3.05) is 18.6 Å². The van der Waals surface area contributed by atoms with Crippen LogP contribution in [0.1, 0.15) is 22.3 Å². The Morgan fingerprint density at radius 3 is 2.81 bits per heavy atom. The molecule has 5 heteroatoms. The number of thioether (sulfide) groups is 1. The number of carbonyl (C=O) groups excluding carboxylic acids is 2. The zero-order valence-corrected chi connectivity index (χ0v) is 13.3. The third kappa shape index (κ3) is 6.04. The Hall–Kier alpha value is -1.75. The number of hydrogen-bond acceptors (Lipinski definition) is 3. The number of rotatable bonds is 8. The molecular formula is C16H22N2O2S. The van der Waals surface area contributed by atoms with E-state index >= 15 is 0 Å². The molecule has 114 valence electrons. The van der Waals surface area contributed by atoms with Gasteiger partial charge in [0.1, 0.15) is 6.04 Å². The number of aryl methyl sites for hydroxylation is 1. The van der Waals surface area contributed by atoms with Gasteiger partial charge in [-0.15, -0.1) is 6.58 Å². The van der Waals surface area contributed by atoms with Crippen LogP contribution in [0.3, 0.4) is 0 Å². The highest BCUT2D eigenvalue weighted by molar-refractivity contribution is 7.98. The SMILES string of the molecule is C=CCNC(=O)[C@@H](CCSC)NC(=O)c1cccc(C)c1. The molecule has 0 radical (unpaired) electrons. The summed E-state index contributed by atoms with van der Waals surface area (Å²) in [6.45, 7) is 5.89. The van der Waals surface area contributed by atoms with E-state index in [0.717, 1.165) is 11.3 Å². The van der Waals surface area contributed by atoms with Crippen LogP contribution in [0.15, 0.2) is 36.9 Å². The van der Waals surface area contributed by atoms with E-state index in [0.29, 0.717) is 18.5 Å². The average molecular weight is 306 g/mol. The van der Waals surface area contributed by atoms with E-state index in [1.807, 2.05) is 31.4 Å². The Labute approximate surface area is 130 Å². The topological polar surface area (TPSA) is 58.2 Å². The molecule has 0 bridgehead atoms. The second-order valence-corrected chi connectivity index (χ2v) is 5.70. The zero-order valence-electron chi connectivity index (χ0n) is 12.5. The predicted molar refractivity (Wildman–Crippen MR) is 88.6 cm³/mol. The fraction of sp³-hybridized carbons (Fsp3) is 0.375. The molecule has 0 spiro atoms. The summed E-state index contributed by atoms with van der Waals surface area (Å²) in [5, 5.41) is 5.53. The first-order chi connectivity index (χ1) is 10.1. The van der Waals surface area contributed by atoms with Gasteiger partial charge in [-0.2, -0.15) is 11.8 Å². The van der Waals surface area contributed by atoms with Crippen molar-refractivity contribution in [2.45, 2.75) is 19.4 Å². The lowest BCUT2D eigenvalue weighted by molar-refractivity contribution is -0.122. The van der Waals surface area contributed by atoms with Crippen molar-refractivity contribution in [3.63, 3.8) is 0 Å². The molecule has 1 aromatic carbocycles. The Balaban J connectivity index is 2.72. The molecule has 2 N–H and O–H groups in total. The van der Waals surface area contributed by atoms with Crippen LogP contribution in [0.5, 0.6) is 0 Å². The van der Waals surface area contributed by atoms with Crippen molar-refractivity contribution >= 4 is 23.6 Å². The van der Waals surface area contributed by atoms with Crippen molar-refractivity contribution in [3.05, 3.63) is 48.0 Å². The van der Waals surface area contributed by atoms with Gasteiger partial charge in [0.2, 0.25) is 5.91 Å². The van der Waals surface area contributed by atoms with Gasteiger partial charge >= 0.3 is 0 Å². The maximum absolute atomic E-state index is 12.2. The van der Waals surface area contributed by atoms with E-state index in [2.05, 4.69) is 17.2 Å². The summed E-state index contributed by atoms with van der Waals surface area (Å²) in [6, 6.07) is 6.79. The first-order valence-electron chi connectivity index (χ1n) is 6.83. The smallest absolute Gasteiger partial charge is 0.251 e. The van der Waals surface area contributed by atoms with Gasteiger partial charge in [0.15, 0.2) is 0 Å². The highest BCUT2D eigenvalue weighted by Crippen LogP contribution is 2.06. The Bertz CT molecular complexity index is 503. The average Bonchev–Trinajstić information content (AvgIpc) is 2.48. The molecule has 0 aromatic heterocycles. The molecule has 0 aliphatic carbocycles. The van der Waals surface area contributed by atoms with Gasteiger partial charge in [-0.05, 0) is 37.5 Å². The molecular weight excluding hydrogens is 284 g/mol. The van der Waals surface area contributed by atoms with Crippen LogP contribution in [0.4, 0.5) is 0 Å². The zero-order chi connectivity index (χ0) is 15.7. The van der Waals surface area contributed by atoms with Gasteiger partial charge in [0.25, 0.3) is 5.91 Å². The number of amides is 2. The molecule has 0 unspecified atom stereocenters. The van der Waals surface area contributed by atoms with E-state index in [9.17, 15) is 9.59 Å². The number of carbonyl (C=O) groups is 2. The van der Waals surface area contributed by atoms with Crippen LogP contribution >= 0.6 is 11.8 Å². The lowest BCUT2D eigenvalue weighted by Gasteiger charge is -2.18. The molecule has 0 saturated heterocycles. The minimum Gasteiger partial charge on any atom is -0.351 e. The molecule has 0 fully saturated rings. The molecule has 1 aromatic rings. The van der Waals surface area contributed by atoms with E-state index in [1.165, 1.54) is 0 Å². The summed E-state index contributed by atoms with van der Waals surface area (Å²) in [5.74, 6) is 0.406. The van der Waals surface area contributed by atoms with Gasteiger partial charge < -0.3 is 10.6 Å². The molecule has 0 aliphatic heterocycles. The number of nitrogens with one attached hydrogen (secondary N) is 2. The van der Waals surface area contributed by atoms with Crippen LogP contribution in [-0.2, 0) is 4.79 Å². The highest BCUT2D eigenvalue weighted by atomic mass is 32.2. The summed E-state index contributed by atoms with van der Waals surface area (Å²) in [4.78, 5) is 24.3. The first-order valence-corrected chi connectivity index (χ1v) is 8.23. The molecule has 0 saturated carbocycles. The summed E-state index contributed by atoms with van der Waals surface area (Å²) in [6.07, 6.45) is 4.19. The first kappa shape index (κ1) is 17.3. The lowest BCUT2D eigenvalue weighted by Crippen LogP contribution is -2.47. The monoisotopic (exact) mass is 306 g/mol. The summed E-state index contributed by atoms with van der Waals surface area (Å²) >= 11 is 1.65. The third-order valence-electron chi connectivity index (χ3n) is 2.93. The van der Waals surface area contributed by atoms with Crippen molar-refractivity contribution in [1.29, 1.82) is 0 Å². The maximum Gasteiger partial charge on any atom is 0.251 e. The third-order valence-corrected chi connectivity index (χ3v) is 3.58. The number of hydrogen-bond donors (Lipinski definition) is 2. The predicted octanol–water partition coefficient (Wildman–Crippen LogP) is 2.15. The quantitative estimate of drug-likeness (QED) is 0.724. The van der Waals surface area contributed by atoms with Gasteiger partial charge in [-0.3, -0.25) is 9.59 Å². The van der Waals surface area contributed by atoms with E-state index in [1.54, 1.807) is 23.9 Å². The molecule has 0 aliphatic rings. The second-order valence-electron chi connectivity index (χ2n) is 4.71. The molecule has 2 amide bonds. The Morgan fingerprint density at radius 2 is 2.19 bits per heavy atom. The normalized spacial score (nSPS) is 11.5. The van der Waals surface area contributed by atoms with Gasteiger partial charge in [-0.1, -0.05) is 23.8 Å². The van der Waals surface area contributed by atoms with E-state index in [-0.39, 0.29) is 11.8 Å². The summed E-state index contributed by atoms with van der Waals surface area (Å²) < 4.78 is 0. The van der Waals surface area contributed by atoms with Crippen molar-refractivity contribution in [2.24, 2.45) is 0 Å². The van der Waals surface area contributed by atoms with E-state index in [4.69, 9.17) is 0 Å². The largest absolute Gasteiger partial charge is 0.351 e. The van der Waals surface area contributed by atoms with Gasteiger partial charge in [0, 0.05) is 12.1 Å². The molecule has 1 rings (SSSR count). The molecule has 21 heavy (non-hydrogen) atoms. The molecule has 4 nitrogen and oxygen atoms in total. The van der Waals surface area contributed by atoms with Crippen LogP contribution < -0.4 is 10.6 Å². The highest BCUT2D eigenvalue weighted by Gasteiger charge is 2.20. The van der Waals surface area contributed by atoms with Gasteiger partial charge in [-0.25, -0.2) is 0 Å². The van der Waals surface area contributed by atoms with Crippen LogP contribution in [0, 0.1) is 6.92 Å². The second kappa shape index (κ2) is 9.23. The van der Waals surface area contributed by atoms with Gasteiger partial charge in [0.05, 0.1) is 0 Å². The van der Waals surface area contributed by atoms with Crippen molar-refractivity contribution in [3.8, 4) is 0 Å². The van der Waals surface area contributed by atoms with Crippen LogP contribution in [-0.4, -0.2) is 36.4 Å². The summed E-state index contributed by atoms with van der Waals surface area (Å²) in [7, 11) is 0. The maximum atomic E-state index is 12.2. The fourth-order valence-electron chi connectivity index (χ4n) is 1.83. The summed E-state index contributed by atoms with van der Waals surface area (Å²) in [5.41, 5.74) is 1.58. The van der Waals surface area contributed by atoms with E-state index < -0.39 is 6.04 Å². The Morgan fingerprint density at radius 1 is 1.43 bits per heavy atom. The van der Waals surface area contributed by atoms with Crippen LogP contribution in [0.2, 0.25) is 0 Å². The minimum absolute atomic E-state index is 0.176. The Kier molecular flexibility index (Phi) is 7.61. The standard InChI is InChI=1S/C16H22N2O2S/c1-4-9-17-16(20)14(8-10-21-3)18-15(19)13-7-5-6-12(2)11-13/h4-7,11,14H,1,8-10H2,2-3H3,(H,17,20)(H,18,19)/t14-/m1/s1.